The lowest BCUT2D eigenvalue weighted by Gasteiger charge is -2.50. The van der Waals surface area contributed by atoms with Crippen LogP contribution in [-0.2, 0) is 14.2 Å². The Kier molecular flexibility index (Phi) is 3.23. The molecule has 1 N–H and O–H groups in total. The normalized spacial score (nSPS) is 32.5. The van der Waals surface area contributed by atoms with Gasteiger partial charge in [-0.15, -0.1) is 0 Å². The Hall–Kier alpha value is -0.850. The van der Waals surface area contributed by atoms with E-state index in [1.165, 1.54) is 0 Å². The van der Waals surface area contributed by atoms with Gasteiger partial charge in [-0.2, -0.15) is 0 Å². The van der Waals surface area contributed by atoms with E-state index in [0.717, 1.165) is 26.2 Å². The highest BCUT2D eigenvalue weighted by Crippen LogP contribution is 2.33. The second-order valence-electron chi connectivity index (χ2n) is 7.25. The van der Waals surface area contributed by atoms with E-state index in [1.807, 2.05) is 20.8 Å². The number of carbonyl (C=O) groups is 1. The molecule has 1 amide bonds. The quantitative estimate of drug-likeness (QED) is 0.711. The van der Waals surface area contributed by atoms with E-state index in [-0.39, 0.29) is 17.2 Å². The van der Waals surface area contributed by atoms with Crippen molar-refractivity contribution in [2.75, 3.05) is 39.5 Å². The summed E-state index contributed by atoms with van der Waals surface area (Å²) >= 11 is 0. The van der Waals surface area contributed by atoms with E-state index in [4.69, 9.17) is 14.2 Å². The molecular weight excluding hydrogens is 260 g/mol. The summed E-state index contributed by atoms with van der Waals surface area (Å²) in [5, 5.41) is 3.54. The molecule has 6 nitrogen and oxygen atoms in total. The third-order valence-corrected chi connectivity index (χ3v) is 4.16. The molecule has 3 rings (SSSR count). The van der Waals surface area contributed by atoms with E-state index in [1.54, 1.807) is 4.90 Å². The number of amides is 1. The van der Waals surface area contributed by atoms with Crippen molar-refractivity contribution in [3.8, 4) is 0 Å². The first kappa shape index (κ1) is 14.1. The first-order chi connectivity index (χ1) is 9.32. The Balaban J connectivity index is 1.55. The maximum Gasteiger partial charge on any atom is 0.410 e. The summed E-state index contributed by atoms with van der Waals surface area (Å²) in [5.74, 6) is 0. The number of likely N-dealkylation sites (tertiary alicyclic amines) is 1. The van der Waals surface area contributed by atoms with E-state index in [0.29, 0.717) is 19.7 Å². The zero-order chi connectivity index (χ0) is 14.4. The summed E-state index contributed by atoms with van der Waals surface area (Å²) in [4.78, 5) is 13.8. The van der Waals surface area contributed by atoms with Crippen LogP contribution < -0.4 is 5.32 Å². The van der Waals surface area contributed by atoms with Crippen LogP contribution in [0.4, 0.5) is 4.79 Å². The molecule has 0 saturated carbocycles. The first-order valence-corrected chi connectivity index (χ1v) is 7.26. The van der Waals surface area contributed by atoms with Gasteiger partial charge in [-0.25, -0.2) is 4.79 Å². The van der Waals surface area contributed by atoms with E-state index in [9.17, 15) is 4.79 Å². The molecule has 114 valence electrons. The predicted octanol–water partition coefficient (Wildman–Crippen LogP) is 0.755. The molecule has 0 aliphatic carbocycles. The number of rotatable bonds is 0. The largest absolute Gasteiger partial charge is 0.444 e. The number of hydrogen-bond acceptors (Lipinski definition) is 5. The Bertz CT molecular complexity index is 390. The minimum absolute atomic E-state index is 0.0184. The highest BCUT2D eigenvalue weighted by Gasteiger charge is 2.51. The molecule has 3 heterocycles. The Morgan fingerprint density at radius 1 is 1.30 bits per heavy atom. The van der Waals surface area contributed by atoms with Crippen LogP contribution in [0, 0.1) is 0 Å². The zero-order valence-corrected chi connectivity index (χ0v) is 12.5. The minimum Gasteiger partial charge on any atom is -0.444 e. The SMILES string of the molecule is CC(C)(C)OC(=O)N1CC[C@@]2(CNC3(COC3)CO2)C1. The molecule has 3 aliphatic heterocycles. The van der Waals surface area contributed by atoms with Crippen LogP contribution in [0.15, 0.2) is 0 Å². The van der Waals surface area contributed by atoms with E-state index >= 15 is 0 Å². The summed E-state index contributed by atoms with van der Waals surface area (Å²) in [7, 11) is 0. The molecule has 20 heavy (non-hydrogen) atoms. The standard InChI is InChI=1S/C14H24N2O4/c1-12(2,3)20-11(17)16-5-4-14(7-16)6-15-13(10-19-14)8-18-9-13/h15H,4-10H2,1-3H3/t14-/m1/s1. The highest BCUT2D eigenvalue weighted by molar-refractivity contribution is 5.68. The Morgan fingerprint density at radius 2 is 2.05 bits per heavy atom. The molecule has 3 saturated heterocycles. The third-order valence-electron chi connectivity index (χ3n) is 4.16. The van der Waals surface area contributed by atoms with E-state index in [2.05, 4.69) is 5.32 Å². The van der Waals surface area contributed by atoms with Gasteiger partial charge in [0.05, 0.1) is 37.5 Å². The molecule has 0 aromatic heterocycles. The van der Waals surface area contributed by atoms with Crippen LogP contribution in [0.25, 0.3) is 0 Å². The van der Waals surface area contributed by atoms with Crippen molar-refractivity contribution < 1.29 is 19.0 Å². The van der Waals surface area contributed by atoms with Crippen molar-refractivity contribution in [3.05, 3.63) is 0 Å². The number of ether oxygens (including phenoxy) is 3. The molecule has 0 aromatic carbocycles. The Morgan fingerprint density at radius 3 is 2.55 bits per heavy atom. The molecule has 0 unspecified atom stereocenters. The van der Waals surface area contributed by atoms with Crippen molar-refractivity contribution in [1.29, 1.82) is 0 Å². The fourth-order valence-electron chi connectivity index (χ4n) is 2.86. The lowest BCUT2D eigenvalue weighted by atomic mass is 9.91. The smallest absolute Gasteiger partial charge is 0.410 e. The second kappa shape index (κ2) is 4.58. The molecule has 2 spiro atoms. The monoisotopic (exact) mass is 284 g/mol. The van der Waals surface area contributed by atoms with Crippen LogP contribution in [0.3, 0.4) is 0 Å². The van der Waals surface area contributed by atoms with Crippen LogP contribution in [0.2, 0.25) is 0 Å². The number of nitrogens with one attached hydrogen (secondary N) is 1. The van der Waals surface area contributed by atoms with Gasteiger partial charge in [0.25, 0.3) is 0 Å². The molecule has 1 atom stereocenters. The Labute approximate surface area is 119 Å². The fourth-order valence-corrected chi connectivity index (χ4v) is 2.86. The van der Waals surface area contributed by atoms with Gasteiger partial charge in [-0.1, -0.05) is 0 Å². The number of morpholine rings is 1. The summed E-state index contributed by atoms with van der Waals surface area (Å²) in [6.45, 7) is 9.83. The van der Waals surface area contributed by atoms with Crippen LogP contribution >= 0.6 is 0 Å². The topological polar surface area (TPSA) is 60.0 Å². The average Bonchev–Trinajstić information content (AvgIpc) is 2.71. The predicted molar refractivity (Wildman–Crippen MR) is 72.7 cm³/mol. The van der Waals surface area contributed by atoms with Crippen molar-refractivity contribution >= 4 is 6.09 Å². The van der Waals surface area contributed by atoms with Crippen LogP contribution in [0.5, 0.6) is 0 Å². The van der Waals surface area contributed by atoms with Crippen molar-refractivity contribution in [3.63, 3.8) is 0 Å². The summed E-state index contributed by atoms with van der Waals surface area (Å²) in [6.07, 6.45) is 0.612. The number of nitrogens with zero attached hydrogens (tertiary/aromatic N) is 1. The summed E-state index contributed by atoms with van der Waals surface area (Å²) in [6, 6.07) is 0. The third kappa shape index (κ3) is 2.64. The van der Waals surface area contributed by atoms with Gasteiger partial charge in [-0.05, 0) is 27.2 Å². The molecule has 3 fully saturated rings. The second-order valence-corrected chi connectivity index (χ2v) is 7.25. The van der Waals surface area contributed by atoms with Gasteiger partial charge in [0.1, 0.15) is 5.60 Å². The molecule has 0 bridgehead atoms. The van der Waals surface area contributed by atoms with Crippen LogP contribution in [0.1, 0.15) is 27.2 Å². The minimum atomic E-state index is -0.453. The molecule has 3 aliphatic rings. The fraction of sp³-hybridized carbons (Fsp3) is 0.929. The lowest BCUT2D eigenvalue weighted by molar-refractivity contribution is -0.179. The summed E-state index contributed by atoms with van der Waals surface area (Å²) in [5.41, 5.74) is -0.686. The maximum atomic E-state index is 12.1. The van der Waals surface area contributed by atoms with Gasteiger partial charge < -0.3 is 24.4 Å². The maximum absolute atomic E-state index is 12.1. The molecule has 6 heteroatoms. The van der Waals surface area contributed by atoms with Crippen LogP contribution in [-0.4, -0.2) is 67.2 Å². The highest BCUT2D eigenvalue weighted by atomic mass is 16.6. The van der Waals surface area contributed by atoms with Crippen molar-refractivity contribution in [1.82, 2.24) is 10.2 Å². The lowest BCUT2D eigenvalue weighted by Crippen LogP contribution is -2.71. The number of hydrogen-bond donors (Lipinski definition) is 1. The van der Waals surface area contributed by atoms with Gasteiger partial charge >= 0.3 is 6.09 Å². The summed E-state index contributed by atoms with van der Waals surface area (Å²) < 4.78 is 16.8. The molecular formula is C14H24N2O4. The molecule has 0 radical (unpaired) electrons. The van der Waals surface area contributed by atoms with E-state index < -0.39 is 5.60 Å². The van der Waals surface area contributed by atoms with Gasteiger partial charge in [-0.3, -0.25) is 0 Å². The van der Waals surface area contributed by atoms with Gasteiger partial charge in [0.2, 0.25) is 0 Å². The van der Waals surface area contributed by atoms with Gasteiger partial charge in [0.15, 0.2) is 0 Å². The molecule has 0 aromatic rings. The van der Waals surface area contributed by atoms with Crippen molar-refractivity contribution in [2.45, 2.75) is 43.9 Å². The van der Waals surface area contributed by atoms with Crippen molar-refractivity contribution in [2.24, 2.45) is 0 Å². The zero-order valence-electron chi connectivity index (χ0n) is 12.5. The first-order valence-electron chi connectivity index (χ1n) is 7.26. The van der Waals surface area contributed by atoms with Gasteiger partial charge in [0, 0.05) is 13.1 Å². The number of carbonyl (C=O) groups excluding carboxylic acids is 1. The average molecular weight is 284 g/mol.